The molecule has 0 spiro atoms. The van der Waals surface area contributed by atoms with Crippen LogP contribution in [0.25, 0.3) is 0 Å². The van der Waals surface area contributed by atoms with Gasteiger partial charge in [-0.25, -0.2) is 0 Å². The van der Waals surface area contributed by atoms with Gasteiger partial charge in [0.25, 0.3) is 0 Å². The van der Waals surface area contributed by atoms with E-state index in [0.29, 0.717) is 0 Å². The molecule has 0 radical (unpaired) electrons. The topological polar surface area (TPSA) is 0 Å². The predicted octanol–water partition coefficient (Wildman–Crippen LogP) is 3.98. The van der Waals surface area contributed by atoms with Gasteiger partial charge in [-0.15, -0.1) is 0 Å². The molecule has 0 amide bonds. The molecule has 0 aromatic heterocycles. The maximum absolute atomic E-state index is 5.80. The summed E-state index contributed by atoms with van der Waals surface area (Å²) in [7, 11) is 11.6. The number of benzene rings is 1. The minimum atomic E-state index is -1.77. The summed E-state index contributed by atoms with van der Waals surface area (Å²) >= 11 is -1.77. The van der Waals surface area contributed by atoms with Gasteiger partial charge in [0.15, 0.2) is 0 Å². The standard InChI is InChI=1S/C7H7Cl2I/c1-6-3-2-4-7(5-6)10(8)9/h2-5H,1H3. The molecule has 0 aliphatic carbocycles. The Labute approximate surface area is 75.3 Å². The van der Waals surface area contributed by atoms with Crippen LogP contribution in [0.15, 0.2) is 24.3 Å². The molecule has 1 aromatic rings. The first-order chi connectivity index (χ1) is 4.70. The van der Waals surface area contributed by atoms with Gasteiger partial charge in [-0.1, -0.05) is 0 Å². The molecule has 0 fully saturated rings. The first-order valence-electron chi connectivity index (χ1n) is 2.80. The normalized spacial score (nSPS) is 11.3. The molecule has 0 aliphatic rings. The average molecular weight is 289 g/mol. The van der Waals surface area contributed by atoms with Crippen molar-refractivity contribution in [2.45, 2.75) is 6.92 Å². The summed E-state index contributed by atoms with van der Waals surface area (Å²) in [6.07, 6.45) is 0. The molecule has 0 atom stereocenters. The zero-order valence-corrected chi connectivity index (χ0v) is 9.11. The molecule has 0 saturated heterocycles. The quantitative estimate of drug-likeness (QED) is 0.686. The molecule has 10 heavy (non-hydrogen) atoms. The van der Waals surface area contributed by atoms with Crippen molar-refractivity contribution in [3.63, 3.8) is 0 Å². The van der Waals surface area contributed by atoms with Crippen molar-refractivity contribution in [1.29, 1.82) is 0 Å². The SMILES string of the molecule is Cc1cccc(I(Cl)Cl)c1. The number of aryl methyl sites for hydroxylation is 1. The van der Waals surface area contributed by atoms with Crippen molar-refractivity contribution in [3.8, 4) is 0 Å². The third-order valence-corrected chi connectivity index (χ3v) is 4.97. The molecule has 0 unspecified atom stereocenters. The van der Waals surface area contributed by atoms with Gasteiger partial charge < -0.3 is 0 Å². The van der Waals surface area contributed by atoms with Gasteiger partial charge in [0, 0.05) is 0 Å². The van der Waals surface area contributed by atoms with Crippen LogP contribution in [0.2, 0.25) is 0 Å². The van der Waals surface area contributed by atoms with E-state index < -0.39 is 17.6 Å². The monoisotopic (exact) mass is 288 g/mol. The zero-order chi connectivity index (χ0) is 7.56. The van der Waals surface area contributed by atoms with Crippen LogP contribution < -0.4 is 0 Å². The fourth-order valence-electron chi connectivity index (χ4n) is 0.694. The molecule has 0 heterocycles. The van der Waals surface area contributed by atoms with Gasteiger partial charge in [0.2, 0.25) is 0 Å². The summed E-state index contributed by atoms with van der Waals surface area (Å²) < 4.78 is 1.12. The summed E-state index contributed by atoms with van der Waals surface area (Å²) in [5, 5.41) is 0. The van der Waals surface area contributed by atoms with Gasteiger partial charge in [0.1, 0.15) is 0 Å². The van der Waals surface area contributed by atoms with Gasteiger partial charge in [-0.3, -0.25) is 0 Å². The Morgan fingerprint density at radius 2 is 2.00 bits per heavy atom. The first kappa shape index (κ1) is 8.62. The van der Waals surface area contributed by atoms with E-state index >= 15 is 0 Å². The Kier molecular flexibility index (Phi) is 3.27. The van der Waals surface area contributed by atoms with Crippen LogP contribution in [-0.2, 0) is 0 Å². The first-order valence-corrected chi connectivity index (χ1v) is 9.34. The number of halogens is 3. The molecule has 1 aromatic carbocycles. The van der Waals surface area contributed by atoms with Crippen LogP contribution in [0.3, 0.4) is 0 Å². The number of hydrogen-bond acceptors (Lipinski definition) is 0. The summed E-state index contributed by atoms with van der Waals surface area (Å²) in [5.74, 6) is 0. The van der Waals surface area contributed by atoms with Gasteiger partial charge in [-0.05, 0) is 0 Å². The Bertz CT molecular complexity index is 223. The molecular weight excluding hydrogens is 282 g/mol. The van der Waals surface area contributed by atoms with Crippen LogP contribution in [0.1, 0.15) is 5.56 Å². The van der Waals surface area contributed by atoms with Crippen molar-refractivity contribution >= 4 is 35.4 Å². The molecular formula is C7H7Cl2I. The molecule has 0 N–H and O–H groups in total. The van der Waals surface area contributed by atoms with Crippen LogP contribution >= 0.6 is 35.4 Å². The fourth-order valence-corrected chi connectivity index (χ4v) is 3.09. The van der Waals surface area contributed by atoms with E-state index in [-0.39, 0.29) is 0 Å². The van der Waals surface area contributed by atoms with E-state index in [2.05, 4.69) is 0 Å². The van der Waals surface area contributed by atoms with Crippen molar-refractivity contribution in [2.75, 3.05) is 0 Å². The Balaban J connectivity index is 2.96. The van der Waals surface area contributed by atoms with Crippen LogP contribution in [-0.4, -0.2) is 0 Å². The second-order valence-corrected chi connectivity index (χ2v) is 9.18. The fraction of sp³-hybridized carbons (Fsp3) is 0.143. The Morgan fingerprint density at radius 3 is 2.40 bits per heavy atom. The van der Waals surface area contributed by atoms with E-state index in [9.17, 15) is 0 Å². The molecule has 0 aliphatic heterocycles. The van der Waals surface area contributed by atoms with E-state index in [4.69, 9.17) is 17.8 Å². The van der Waals surface area contributed by atoms with Crippen molar-refractivity contribution in [3.05, 3.63) is 33.4 Å². The van der Waals surface area contributed by atoms with Crippen LogP contribution in [0.5, 0.6) is 0 Å². The van der Waals surface area contributed by atoms with Gasteiger partial charge >= 0.3 is 75.7 Å². The summed E-state index contributed by atoms with van der Waals surface area (Å²) in [6, 6.07) is 8.06. The number of rotatable bonds is 1. The van der Waals surface area contributed by atoms with E-state index in [1.165, 1.54) is 5.56 Å². The second-order valence-electron chi connectivity index (χ2n) is 2.00. The maximum atomic E-state index is 5.80. The molecule has 0 nitrogen and oxygen atoms in total. The Morgan fingerprint density at radius 1 is 1.30 bits per heavy atom. The van der Waals surface area contributed by atoms with Crippen LogP contribution in [0, 0.1) is 10.5 Å². The molecule has 1 rings (SSSR count). The minimum absolute atomic E-state index is 1.12. The summed E-state index contributed by atoms with van der Waals surface area (Å²) in [4.78, 5) is 0. The van der Waals surface area contributed by atoms with E-state index in [1.54, 1.807) is 0 Å². The number of hydrogen-bond donors (Lipinski definition) is 0. The zero-order valence-electron chi connectivity index (χ0n) is 5.44. The molecule has 3 heteroatoms. The second kappa shape index (κ2) is 3.79. The van der Waals surface area contributed by atoms with E-state index in [1.807, 2.05) is 31.2 Å². The average Bonchev–Trinajstić information content (AvgIpc) is 1.88. The predicted molar refractivity (Wildman–Crippen MR) is 55.6 cm³/mol. The van der Waals surface area contributed by atoms with Crippen molar-refractivity contribution in [2.24, 2.45) is 0 Å². The van der Waals surface area contributed by atoms with Gasteiger partial charge in [-0.2, -0.15) is 0 Å². The van der Waals surface area contributed by atoms with Gasteiger partial charge in [0.05, 0.1) is 0 Å². The molecule has 0 bridgehead atoms. The van der Waals surface area contributed by atoms with Crippen LogP contribution in [0.4, 0.5) is 0 Å². The third kappa shape index (κ3) is 2.29. The summed E-state index contributed by atoms with van der Waals surface area (Å²) in [6.45, 7) is 2.04. The molecule has 56 valence electrons. The van der Waals surface area contributed by atoms with Crippen molar-refractivity contribution in [1.82, 2.24) is 0 Å². The third-order valence-electron chi connectivity index (χ3n) is 1.15. The Hall–Kier alpha value is 0.530. The van der Waals surface area contributed by atoms with Crippen molar-refractivity contribution < 1.29 is 0 Å². The summed E-state index contributed by atoms with van der Waals surface area (Å²) in [5.41, 5.74) is 1.22. The van der Waals surface area contributed by atoms with E-state index in [0.717, 1.165) is 3.57 Å². The molecule has 0 saturated carbocycles.